The number of nitrogens with zero attached hydrogens (tertiary/aromatic N) is 3. The van der Waals surface area contributed by atoms with Crippen LogP contribution in [0.15, 0.2) is 24.5 Å². The highest BCUT2D eigenvalue weighted by Crippen LogP contribution is 2.31. The predicted molar refractivity (Wildman–Crippen MR) is 97.3 cm³/mol. The van der Waals surface area contributed by atoms with Crippen molar-refractivity contribution >= 4 is 22.6 Å². The molecule has 0 unspecified atom stereocenters. The van der Waals surface area contributed by atoms with Gasteiger partial charge in [0.1, 0.15) is 5.69 Å². The van der Waals surface area contributed by atoms with Gasteiger partial charge in [-0.25, -0.2) is 13.3 Å². The van der Waals surface area contributed by atoms with Gasteiger partial charge in [-0.1, -0.05) is 6.42 Å². The van der Waals surface area contributed by atoms with E-state index in [0.717, 1.165) is 23.2 Å². The Morgan fingerprint density at radius 3 is 2.54 bits per heavy atom. The Hall–Kier alpha value is -1.55. The van der Waals surface area contributed by atoms with Gasteiger partial charge in [0.05, 0.1) is 5.56 Å². The highest BCUT2D eigenvalue weighted by Gasteiger charge is 2.31. The maximum Gasteiger partial charge on any atom is 0.308 e. The number of rotatable bonds is 5. The van der Waals surface area contributed by atoms with Crippen LogP contribution in [0.1, 0.15) is 24.8 Å². The molecule has 2 aromatic rings. The van der Waals surface area contributed by atoms with Gasteiger partial charge in [-0.15, -0.1) is 12.4 Å². The van der Waals surface area contributed by atoms with E-state index >= 15 is 0 Å². The molecule has 10 heteroatoms. The van der Waals surface area contributed by atoms with Crippen LogP contribution in [0.2, 0.25) is 0 Å². The highest BCUT2D eigenvalue weighted by atomic mass is 35.5. The largest absolute Gasteiger partial charge is 0.316 e. The van der Waals surface area contributed by atoms with Crippen molar-refractivity contribution in [2.75, 3.05) is 20.1 Å². The lowest BCUT2D eigenvalue weighted by Crippen LogP contribution is -2.39. The molecule has 26 heavy (non-hydrogen) atoms. The molecular formula is C16H21ClF2N4O2S. The molecule has 1 aliphatic rings. The van der Waals surface area contributed by atoms with Crippen molar-refractivity contribution in [3.05, 3.63) is 41.9 Å². The molecule has 0 radical (unpaired) electrons. The first-order chi connectivity index (χ1) is 12.0. The van der Waals surface area contributed by atoms with Gasteiger partial charge >= 0.3 is 10.2 Å². The fourth-order valence-electron chi connectivity index (χ4n) is 3.03. The van der Waals surface area contributed by atoms with Crippen LogP contribution in [0.4, 0.5) is 8.78 Å². The Morgan fingerprint density at radius 2 is 1.92 bits per heavy atom. The number of aromatic nitrogens is 2. The molecule has 2 aromatic heterocycles. The molecule has 0 spiro atoms. The standard InChI is InChI=1S/C16H20F2N4O2S.ClH/c1-19-10-12-11-22(25(23,24)21-8-3-2-4-9-21)15(14(12)17)13-6-5-7-20-16(13)18;/h5-7,11,19H,2-4,8-10H2,1H3;1H. The zero-order valence-corrected chi connectivity index (χ0v) is 15.9. The van der Waals surface area contributed by atoms with Crippen LogP contribution in [0.25, 0.3) is 11.3 Å². The molecule has 0 saturated carbocycles. The van der Waals surface area contributed by atoms with Gasteiger partial charge in [0.25, 0.3) is 0 Å². The summed E-state index contributed by atoms with van der Waals surface area (Å²) in [4.78, 5) is 3.52. The van der Waals surface area contributed by atoms with Gasteiger partial charge in [-0.3, -0.25) is 0 Å². The van der Waals surface area contributed by atoms with Gasteiger partial charge in [-0.2, -0.15) is 17.1 Å². The molecule has 144 valence electrons. The Balaban J connectivity index is 0.00000243. The van der Waals surface area contributed by atoms with Crippen molar-refractivity contribution < 1.29 is 17.2 Å². The third-order valence-corrected chi connectivity index (χ3v) is 6.06. The van der Waals surface area contributed by atoms with E-state index in [1.54, 1.807) is 7.05 Å². The summed E-state index contributed by atoms with van der Waals surface area (Å²) in [5, 5.41) is 2.79. The molecular weight excluding hydrogens is 386 g/mol. The molecule has 0 amide bonds. The number of pyridine rings is 1. The summed E-state index contributed by atoms with van der Waals surface area (Å²) >= 11 is 0. The zero-order valence-electron chi connectivity index (χ0n) is 14.3. The second kappa shape index (κ2) is 8.43. The second-order valence-electron chi connectivity index (χ2n) is 5.95. The number of hydrogen-bond donors (Lipinski definition) is 1. The summed E-state index contributed by atoms with van der Waals surface area (Å²) in [5.41, 5.74) is -0.342. The van der Waals surface area contributed by atoms with Gasteiger partial charge < -0.3 is 5.32 Å². The molecule has 1 aliphatic heterocycles. The van der Waals surface area contributed by atoms with Gasteiger partial charge in [0.2, 0.25) is 5.95 Å². The summed E-state index contributed by atoms with van der Waals surface area (Å²) in [6.45, 7) is 0.875. The van der Waals surface area contributed by atoms with Crippen molar-refractivity contribution in [3.8, 4) is 11.3 Å². The fourth-order valence-corrected chi connectivity index (χ4v) is 4.66. The molecule has 0 aromatic carbocycles. The summed E-state index contributed by atoms with van der Waals surface area (Å²) in [6, 6.07) is 2.77. The first-order valence-electron chi connectivity index (χ1n) is 8.12. The molecule has 0 aliphatic carbocycles. The van der Waals surface area contributed by atoms with Crippen molar-refractivity contribution in [3.63, 3.8) is 0 Å². The van der Waals surface area contributed by atoms with Crippen molar-refractivity contribution in [1.82, 2.24) is 18.6 Å². The van der Waals surface area contributed by atoms with Crippen molar-refractivity contribution in [2.24, 2.45) is 0 Å². The minimum absolute atomic E-state index is 0. The van der Waals surface area contributed by atoms with E-state index in [4.69, 9.17) is 0 Å². The van der Waals surface area contributed by atoms with Crippen LogP contribution >= 0.6 is 12.4 Å². The third-order valence-electron chi connectivity index (χ3n) is 4.25. The maximum atomic E-state index is 14.9. The molecule has 6 nitrogen and oxygen atoms in total. The Kier molecular flexibility index (Phi) is 6.73. The van der Waals surface area contributed by atoms with Crippen molar-refractivity contribution in [2.45, 2.75) is 25.8 Å². The van der Waals surface area contributed by atoms with Crippen LogP contribution in [0, 0.1) is 11.8 Å². The van der Waals surface area contributed by atoms with E-state index in [0.29, 0.717) is 13.1 Å². The Bertz CT molecular complexity index is 867. The van der Waals surface area contributed by atoms with E-state index in [2.05, 4.69) is 10.3 Å². The summed E-state index contributed by atoms with van der Waals surface area (Å²) in [5.74, 6) is -1.67. The van der Waals surface area contributed by atoms with Gasteiger partial charge in [0, 0.05) is 37.6 Å². The van der Waals surface area contributed by atoms with Crippen LogP contribution in [0.5, 0.6) is 0 Å². The molecule has 1 N–H and O–H groups in total. The van der Waals surface area contributed by atoms with Crippen LogP contribution < -0.4 is 5.32 Å². The summed E-state index contributed by atoms with van der Waals surface area (Å²) in [6.07, 6.45) is 4.92. The lowest BCUT2D eigenvalue weighted by atomic mass is 10.2. The molecule has 0 bridgehead atoms. The molecule has 1 fully saturated rings. The first kappa shape index (κ1) is 20.8. The fraction of sp³-hybridized carbons (Fsp3) is 0.438. The number of hydrogen-bond acceptors (Lipinski definition) is 4. The van der Waals surface area contributed by atoms with Crippen LogP contribution in [0.3, 0.4) is 0 Å². The first-order valence-corrected chi connectivity index (χ1v) is 9.52. The summed E-state index contributed by atoms with van der Waals surface area (Å²) < 4.78 is 57.3. The molecule has 1 saturated heterocycles. The monoisotopic (exact) mass is 406 g/mol. The molecule has 0 atom stereocenters. The van der Waals surface area contributed by atoms with E-state index in [1.165, 1.54) is 28.8 Å². The Morgan fingerprint density at radius 1 is 1.23 bits per heavy atom. The summed E-state index contributed by atoms with van der Waals surface area (Å²) in [7, 11) is -2.36. The minimum atomic E-state index is -3.99. The third kappa shape index (κ3) is 3.75. The quantitative estimate of drug-likeness (QED) is 0.775. The predicted octanol–water partition coefficient (Wildman–Crippen LogP) is 2.55. The van der Waals surface area contributed by atoms with Crippen LogP contribution in [-0.4, -0.2) is 41.8 Å². The molecule has 3 heterocycles. The second-order valence-corrected chi connectivity index (χ2v) is 7.76. The maximum absolute atomic E-state index is 14.9. The average molecular weight is 407 g/mol. The van der Waals surface area contributed by atoms with E-state index < -0.39 is 22.0 Å². The normalized spacial score (nSPS) is 15.7. The van der Waals surface area contributed by atoms with Crippen molar-refractivity contribution in [1.29, 1.82) is 0 Å². The minimum Gasteiger partial charge on any atom is -0.316 e. The number of piperidine rings is 1. The Labute approximate surface area is 157 Å². The van der Waals surface area contributed by atoms with E-state index in [9.17, 15) is 17.2 Å². The highest BCUT2D eigenvalue weighted by molar-refractivity contribution is 7.87. The van der Waals surface area contributed by atoms with Gasteiger partial charge in [0.15, 0.2) is 5.82 Å². The number of nitrogens with one attached hydrogen (secondary N) is 1. The van der Waals surface area contributed by atoms with E-state index in [-0.39, 0.29) is 35.8 Å². The van der Waals surface area contributed by atoms with Crippen LogP contribution in [-0.2, 0) is 16.8 Å². The lowest BCUT2D eigenvalue weighted by molar-refractivity contribution is 0.343. The zero-order chi connectivity index (χ0) is 18.0. The molecule has 3 rings (SSSR count). The topological polar surface area (TPSA) is 67.2 Å². The smallest absolute Gasteiger partial charge is 0.308 e. The lowest BCUT2D eigenvalue weighted by Gasteiger charge is -2.26. The average Bonchev–Trinajstić information content (AvgIpc) is 2.94. The SMILES string of the molecule is CNCc1cn(S(=O)(=O)N2CCCCC2)c(-c2cccnc2F)c1F.Cl. The number of halogens is 3. The van der Waals surface area contributed by atoms with Gasteiger partial charge in [-0.05, 0) is 32.0 Å². The van der Waals surface area contributed by atoms with E-state index in [1.807, 2.05) is 0 Å².